The minimum Gasteiger partial charge on any atom is -0.481 e. The highest BCUT2D eigenvalue weighted by atomic mass is 32.1. The minimum atomic E-state index is -3.34. The summed E-state index contributed by atoms with van der Waals surface area (Å²) in [6, 6.07) is 15.9. The van der Waals surface area contributed by atoms with E-state index in [9.17, 15) is 23.2 Å². The number of hydrogen-bond donors (Lipinski definition) is 3. The van der Waals surface area contributed by atoms with E-state index in [1.54, 1.807) is 0 Å². The molecule has 1 fully saturated rings. The van der Waals surface area contributed by atoms with Gasteiger partial charge in [-0.25, -0.2) is 18.6 Å². The summed E-state index contributed by atoms with van der Waals surface area (Å²) in [5.41, 5.74) is 4.35. The largest absolute Gasteiger partial charge is 0.481 e. The molecule has 2 aromatic carbocycles. The number of hydrogen-bond acceptors (Lipinski definition) is 6. The van der Waals surface area contributed by atoms with Crippen LogP contribution < -0.4 is 10.6 Å². The number of fused-ring (bicyclic) bond motifs is 3. The van der Waals surface area contributed by atoms with Crippen molar-refractivity contribution in [3.05, 3.63) is 70.7 Å². The van der Waals surface area contributed by atoms with E-state index in [-0.39, 0.29) is 22.5 Å². The zero-order valence-electron chi connectivity index (χ0n) is 18.0. The van der Waals surface area contributed by atoms with Gasteiger partial charge >= 0.3 is 12.1 Å². The van der Waals surface area contributed by atoms with E-state index in [1.807, 2.05) is 48.5 Å². The van der Waals surface area contributed by atoms with Gasteiger partial charge in [0, 0.05) is 12.5 Å². The molecule has 0 spiro atoms. The number of rotatable bonds is 7. The lowest BCUT2D eigenvalue weighted by Gasteiger charge is -2.14. The number of carbonyl (C=O) groups excluding carboxylic acids is 2. The van der Waals surface area contributed by atoms with Gasteiger partial charge in [0.15, 0.2) is 5.13 Å². The van der Waals surface area contributed by atoms with E-state index in [0.717, 1.165) is 33.6 Å². The van der Waals surface area contributed by atoms with Crippen LogP contribution in [0.1, 0.15) is 26.7 Å². The van der Waals surface area contributed by atoms with Gasteiger partial charge in [-0.2, -0.15) is 0 Å². The summed E-state index contributed by atoms with van der Waals surface area (Å²) in [5.74, 6) is -8.98. The summed E-state index contributed by atoms with van der Waals surface area (Å²) in [6.07, 6.45) is 0.453. The number of aliphatic carboxylic acids is 1. The Hall–Kier alpha value is -3.86. The van der Waals surface area contributed by atoms with Gasteiger partial charge < -0.3 is 15.2 Å². The molecule has 0 bridgehead atoms. The van der Waals surface area contributed by atoms with Gasteiger partial charge in [-0.15, -0.1) is 0 Å². The lowest BCUT2D eigenvalue weighted by atomic mass is 9.98. The highest BCUT2D eigenvalue weighted by molar-refractivity contribution is 7.17. The number of alkyl halides is 2. The molecule has 35 heavy (non-hydrogen) atoms. The molecule has 1 saturated carbocycles. The van der Waals surface area contributed by atoms with E-state index < -0.39 is 42.3 Å². The average molecular weight is 499 g/mol. The van der Waals surface area contributed by atoms with Crippen LogP contribution in [0.2, 0.25) is 0 Å². The van der Waals surface area contributed by atoms with Gasteiger partial charge in [0.25, 0.3) is 11.8 Å². The van der Waals surface area contributed by atoms with Gasteiger partial charge in [-0.3, -0.25) is 14.9 Å². The number of carboxylic acid groups (broad SMARTS) is 1. The molecule has 180 valence electrons. The molecule has 2 aliphatic rings. The van der Waals surface area contributed by atoms with Crippen molar-refractivity contribution >= 4 is 34.4 Å². The molecular formula is C24H19F2N3O5S. The first kappa shape index (κ1) is 22.9. The predicted molar refractivity (Wildman–Crippen MR) is 123 cm³/mol. The third kappa shape index (κ3) is 4.23. The third-order valence-electron chi connectivity index (χ3n) is 6.23. The number of benzene rings is 2. The van der Waals surface area contributed by atoms with Crippen LogP contribution in [0.3, 0.4) is 0 Å². The van der Waals surface area contributed by atoms with Crippen LogP contribution in [0, 0.1) is 11.8 Å². The Labute approximate surface area is 202 Å². The summed E-state index contributed by atoms with van der Waals surface area (Å²) in [4.78, 5) is 39.4. The molecule has 8 nitrogen and oxygen atoms in total. The zero-order valence-corrected chi connectivity index (χ0v) is 18.9. The second-order valence-electron chi connectivity index (χ2n) is 8.29. The second kappa shape index (κ2) is 8.73. The maximum Gasteiger partial charge on any atom is 0.413 e. The normalized spacial score (nSPS) is 19.4. The number of halogens is 2. The van der Waals surface area contributed by atoms with Crippen molar-refractivity contribution in [2.45, 2.75) is 11.8 Å². The molecule has 0 unspecified atom stereocenters. The Morgan fingerprint density at radius 3 is 2.29 bits per heavy atom. The monoisotopic (exact) mass is 499 g/mol. The highest BCUT2D eigenvalue weighted by Crippen LogP contribution is 2.55. The number of carbonyl (C=O) groups is 3. The zero-order chi connectivity index (χ0) is 24.7. The number of carboxylic acids is 1. The lowest BCUT2D eigenvalue weighted by Crippen LogP contribution is -2.26. The van der Waals surface area contributed by atoms with Gasteiger partial charge in [0.2, 0.25) is 0 Å². The highest BCUT2D eigenvalue weighted by Gasteiger charge is 2.72. The van der Waals surface area contributed by atoms with Crippen LogP contribution in [0.4, 0.5) is 18.7 Å². The number of nitrogens with one attached hydrogen (secondary N) is 2. The van der Waals surface area contributed by atoms with Crippen LogP contribution in [-0.4, -0.2) is 47.1 Å². The van der Waals surface area contributed by atoms with Crippen LogP contribution >= 0.6 is 11.3 Å². The summed E-state index contributed by atoms with van der Waals surface area (Å²) in [5, 5.41) is 13.7. The molecule has 1 aromatic heterocycles. The van der Waals surface area contributed by atoms with Gasteiger partial charge in [-0.1, -0.05) is 59.9 Å². The number of nitrogens with zero attached hydrogens (tertiary/aromatic N) is 1. The van der Waals surface area contributed by atoms with E-state index >= 15 is 0 Å². The molecule has 11 heteroatoms. The fourth-order valence-corrected chi connectivity index (χ4v) is 5.15. The second-order valence-corrected chi connectivity index (χ2v) is 9.32. The Balaban J connectivity index is 1.15. The Kier molecular flexibility index (Phi) is 5.72. The Morgan fingerprint density at radius 1 is 1.06 bits per heavy atom. The van der Waals surface area contributed by atoms with Crippen molar-refractivity contribution in [2.24, 2.45) is 11.8 Å². The molecule has 0 radical (unpaired) electrons. The Bertz CT molecular complexity index is 1280. The third-order valence-corrected chi connectivity index (χ3v) is 7.14. The van der Waals surface area contributed by atoms with Crippen molar-refractivity contribution < 1.29 is 33.0 Å². The summed E-state index contributed by atoms with van der Waals surface area (Å²) < 4.78 is 32.3. The van der Waals surface area contributed by atoms with Gasteiger partial charge in [0.1, 0.15) is 17.4 Å². The molecule has 2 amide bonds. The Morgan fingerprint density at radius 2 is 1.69 bits per heavy atom. The molecule has 3 N–H and O–H groups in total. The average Bonchev–Trinajstić information content (AvgIpc) is 3.13. The van der Waals surface area contributed by atoms with E-state index in [2.05, 4.69) is 15.6 Å². The van der Waals surface area contributed by atoms with E-state index in [4.69, 9.17) is 9.84 Å². The van der Waals surface area contributed by atoms with Gasteiger partial charge in [0.05, 0.1) is 12.1 Å². The topological polar surface area (TPSA) is 118 Å². The maximum absolute atomic E-state index is 13.5. The quantitative estimate of drug-likeness (QED) is 0.449. The fourth-order valence-electron chi connectivity index (χ4n) is 4.43. The fraction of sp³-hybridized carbons (Fsp3) is 0.250. The minimum absolute atomic E-state index is 0.0785. The molecule has 0 aliphatic heterocycles. The first-order valence-corrected chi connectivity index (χ1v) is 11.6. The predicted octanol–water partition coefficient (Wildman–Crippen LogP) is 4.20. The molecule has 3 aromatic rings. The van der Waals surface area contributed by atoms with Gasteiger partial charge in [-0.05, 0) is 22.3 Å². The molecular weight excluding hydrogens is 480 g/mol. The number of amides is 2. The molecule has 2 aliphatic carbocycles. The van der Waals surface area contributed by atoms with Crippen LogP contribution in [0.5, 0.6) is 0 Å². The van der Waals surface area contributed by atoms with E-state index in [0.29, 0.717) is 0 Å². The van der Waals surface area contributed by atoms with Crippen LogP contribution in [0.25, 0.3) is 11.1 Å². The molecule has 1 heterocycles. The van der Waals surface area contributed by atoms with Crippen molar-refractivity contribution in [2.75, 3.05) is 18.5 Å². The lowest BCUT2D eigenvalue weighted by molar-refractivity contribution is -0.140. The van der Waals surface area contributed by atoms with Crippen molar-refractivity contribution in [3.8, 4) is 11.1 Å². The van der Waals surface area contributed by atoms with Crippen LogP contribution in [0.15, 0.2) is 54.7 Å². The number of aromatic nitrogens is 1. The van der Waals surface area contributed by atoms with E-state index in [1.165, 1.54) is 6.20 Å². The van der Waals surface area contributed by atoms with Crippen molar-refractivity contribution in [1.29, 1.82) is 0 Å². The maximum atomic E-state index is 13.5. The summed E-state index contributed by atoms with van der Waals surface area (Å²) in [6.45, 7) is -0.366. The molecule has 0 saturated heterocycles. The molecule has 2 atom stereocenters. The number of ether oxygens (including phenoxy) is 1. The van der Waals surface area contributed by atoms with Crippen LogP contribution in [-0.2, 0) is 9.53 Å². The van der Waals surface area contributed by atoms with Crippen molar-refractivity contribution in [3.63, 3.8) is 0 Å². The number of anilines is 1. The van der Waals surface area contributed by atoms with Crippen molar-refractivity contribution in [1.82, 2.24) is 10.3 Å². The summed E-state index contributed by atoms with van der Waals surface area (Å²) >= 11 is 0.845. The standard InChI is InChI=1S/C24H19F2N3O5S/c25-24(26)17(19(24)21(31)32)9-27-20(30)18-10-28-22(35-18)29-23(33)34-11-16-14-7-3-1-5-12(14)13-6-2-4-8-15(13)16/h1-8,10,16-17,19H,9,11H2,(H,27,30)(H,31,32)(H,28,29,33)/t17-,19-/m0/s1. The first-order chi connectivity index (χ1) is 16.8. The molecule has 5 rings (SSSR count). The SMILES string of the molecule is O=C(Nc1ncc(C(=O)NC[C@H]2[C@@H](C(=O)O)C2(F)F)s1)OCC1c2ccccc2-c2ccccc21. The number of thiazole rings is 1. The first-order valence-electron chi connectivity index (χ1n) is 10.7. The summed E-state index contributed by atoms with van der Waals surface area (Å²) in [7, 11) is 0. The smallest absolute Gasteiger partial charge is 0.413 e.